The molecule has 0 fully saturated rings. The van der Waals surface area contributed by atoms with Crippen molar-refractivity contribution in [2.24, 2.45) is 0 Å². The molecule has 21 heavy (non-hydrogen) atoms. The number of hydrogen-bond donors (Lipinski definition) is 1. The molecule has 2 heterocycles. The highest BCUT2D eigenvalue weighted by Crippen LogP contribution is 2.26. The van der Waals surface area contributed by atoms with E-state index in [2.05, 4.69) is 52.9 Å². The Bertz CT molecular complexity index is 745. The van der Waals surface area contributed by atoms with Crippen LogP contribution >= 0.6 is 22.6 Å². The number of rotatable bonds is 5. The van der Waals surface area contributed by atoms with E-state index in [-0.39, 0.29) is 0 Å². The maximum Gasteiger partial charge on any atom is 0.134 e. The van der Waals surface area contributed by atoms with Gasteiger partial charge in [-0.05, 0) is 28.7 Å². The smallest absolute Gasteiger partial charge is 0.134 e. The van der Waals surface area contributed by atoms with Gasteiger partial charge < -0.3 is 9.73 Å². The Morgan fingerprint density at radius 1 is 1.33 bits per heavy atom. The van der Waals surface area contributed by atoms with Crippen LogP contribution < -0.4 is 5.32 Å². The summed E-state index contributed by atoms with van der Waals surface area (Å²) in [6.07, 6.45) is 3.91. The molecule has 3 aromatic rings. The molecule has 0 radical (unpaired) electrons. The fourth-order valence-electron chi connectivity index (χ4n) is 2.35. The highest BCUT2D eigenvalue weighted by Gasteiger charge is 2.14. The molecule has 0 aliphatic carbocycles. The van der Waals surface area contributed by atoms with Crippen molar-refractivity contribution in [2.45, 2.75) is 33.0 Å². The molecule has 0 atom stereocenters. The minimum Gasteiger partial charge on any atom is -0.459 e. The molecule has 0 spiro atoms. The fourth-order valence-corrected chi connectivity index (χ4v) is 2.80. The number of para-hydroxylation sites is 1. The van der Waals surface area contributed by atoms with E-state index in [1.807, 2.05) is 35.3 Å². The van der Waals surface area contributed by atoms with E-state index >= 15 is 0 Å². The number of halogens is 1. The first kappa shape index (κ1) is 14.6. The molecule has 0 unspecified atom stereocenters. The first-order chi connectivity index (χ1) is 10.1. The molecule has 2 aromatic heterocycles. The fraction of sp³-hybridized carbons (Fsp3) is 0.312. The van der Waals surface area contributed by atoms with Crippen LogP contribution in [0.4, 0.5) is 0 Å². The van der Waals surface area contributed by atoms with E-state index in [9.17, 15) is 0 Å². The standard InChI is InChI=1S/C16H18IN3O/c1-11(2)18-8-16-14(10-20-9-12(17)7-19-20)13-5-3-4-6-15(13)21-16/h3-7,9,11,18H,8,10H2,1-2H3. The zero-order valence-corrected chi connectivity index (χ0v) is 14.3. The maximum atomic E-state index is 6.02. The van der Waals surface area contributed by atoms with Crippen molar-refractivity contribution < 1.29 is 4.42 Å². The summed E-state index contributed by atoms with van der Waals surface area (Å²) in [5, 5.41) is 8.98. The van der Waals surface area contributed by atoms with E-state index in [0.29, 0.717) is 6.04 Å². The Kier molecular flexibility index (Phi) is 4.30. The Morgan fingerprint density at radius 2 is 2.14 bits per heavy atom. The molecule has 0 amide bonds. The van der Waals surface area contributed by atoms with E-state index in [4.69, 9.17) is 4.42 Å². The van der Waals surface area contributed by atoms with Crippen molar-refractivity contribution in [1.82, 2.24) is 15.1 Å². The van der Waals surface area contributed by atoms with Crippen LogP contribution in [0.5, 0.6) is 0 Å². The zero-order chi connectivity index (χ0) is 14.8. The predicted molar refractivity (Wildman–Crippen MR) is 92.2 cm³/mol. The van der Waals surface area contributed by atoms with Gasteiger partial charge in [0.1, 0.15) is 11.3 Å². The van der Waals surface area contributed by atoms with Gasteiger partial charge >= 0.3 is 0 Å². The number of fused-ring (bicyclic) bond motifs is 1. The van der Waals surface area contributed by atoms with Crippen LogP contribution in [0, 0.1) is 3.57 Å². The van der Waals surface area contributed by atoms with Gasteiger partial charge in [-0.25, -0.2) is 0 Å². The summed E-state index contributed by atoms with van der Waals surface area (Å²) in [6.45, 7) is 5.74. The summed E-state index contributed by atoms with van der Waals surface area (Å²) in [5.74, 6) is 0.996. The molecule has 1 N–H and O–H groups in total. The summed E-state index contributed by atoms with van der Waals surface area (Å²) >= 11 is 2.27. The highest BCUT2D eigenvalue weighted by atomic mass is 127. The van der Waals surface area contributed by atoms with Gasteiger partial charge in [0.05, 0.1) is 22.9 Å². The highest BCUT2D eigenvalue weighted by molar-refractivity contribution is 14.1. The quantitative estimate of drug-likeness (QED) is 0.669. The number of hydrogen-bond acceptors (Lipinski definition) is 3. The third kappa shape index (κ3) is 3.29. The van der Waals surface area contributed by atoms with Gasteiger partial charge in [0, 0.05) is 23.2 Å². The number of nitrogens with one attached hydrogen (secondary N) is 1. The summed E-state index contributed by atoms with van der Waals surface area (Å²) in [7, 11) is 0. The first-order valence-corrected chi connectivity index (χ1v) is 8.12. The van der Waals surface area contributed by atoms with Gasteiger partial charge in [-0.15, -0.1) is 0 Å². The number of nitrogens with zero attached hydrogens (tertiary/aromatic N) is 2. The van der Waals surface area contributed by atoms with E-state index in [1.54, 1.807) is 0 Å². The van der Waals surface area contributed by atoms with Crippen LogP contribution in [0.2, 0.25) is 0 Å². The lowest BCUT2D eigenvalue weighted by Crippen LogP contribution is -2.22. The Balaban J connectivity index is 1.98. The molecule has 0 saturated heterocycles. The summed E-state index contributed by atoms with van der Waals surface area (Å²) < 4.78 is 9.12. The third-order valence-electron chi connectivity index (χ3n) is 3.37. The lowest BCUT2D eigenvalue weighted by Gasteiger charge is -2.08. The normalized spacial score (nSPS) is 11.6. The van der Waals surface area contributed by atoms with Crippen molar-refractivity contribution in [3.05, 3.63) is 51.6 Å². The molecule has 0 aliphatic heterocycles. The van der Waals surface area contributed by atoms with E-state index < -0.39 is 0 Å². The minimum atomic E-state index is 0.428. The number of furan rings is 1. The molecule has 3 rings (SSSR count). The topological polar surface area (TPSA) is 43.0 Å². The molecule has 0 bridgehead atoms. The maximum absolute atomic E-state index is 6.02. The van der Waals surface area contributed by atoms with Gasteiger partial charge in [0.25, 0.3) is 0 Å². The monoisotopic (exact) mass is 395 g/mol. The Labute approximate surface area is 137 Å². The van der Waals surface area contributed by atoms with Gasteiger partial charge in [0.15, 0.2) is 0 Å². The Morgan fingerprint density at radius 3 is 2.86 bits per heavy atom. The zero-order valence-electron chi connectivity index (χ0n) is 12.1. The molecule has 0 aliphatic rings. The lowest BCUT2D eigenvalue weighted by atomic mass is 10.1. The van der Waals surface area contributed by atoms with Crippen molar-refractivity contribution >= 4 is 33.6 Å². The SMILES string of the molecule is CC(C)NCc1oc2ccccc2c1Cn1cc(I)cn1. The van der Waals surface area contributed by atoms with Gasteiger partial charge in [-0.1, -0.05) is 32.0 Å². The lowest BCUT2D eigenvalue weighted by molar-refractivity contribution is 0.480. The van der Waals surface area contributed by atoms with Gasteiger partial charge in [-0.3, -0.25) is 4.68 Å². The number of benzene rings is 1. The average molecular weight is 395 g/mol. The molecular formula is C16H18IN3O. The summed E-state index contributed by atoms with van der Waals surface area (Å²) in [5.41, 5.74) is 2.15. The molecule has 5 heteroatoms. The third-order valence-corrected chi connectivity index (χ3v) is 3.93. The van der Waals surface area contributed by atoms with Gasteiger partial charge in [-0.2, -0.15) is 5.10 Å². The second-order valence-electron chi connectivity index (χ2n) is 5.39. The van der Waals surface area contributed by atoms with Gasteiger partial charge in [0.2, 0.25) is 0 Å². The number of aromatic nitrogens is 2. The summed E-state index contributed by atoms with van der Waals surface area (Å²) in [4.78, 5) is 0. The molecule has 110 valence electrons. The molecule has 4 nitrogen and oxygen atoms in total. The molecular weight excluding hydrogens is 377 g/mol. The van der Waals surface area contributed by atoms with Crippen LogP contribution in [0.15, 0.2) is 41.1 Å². The predicted octanol–water partition coefficient (Wildman–Crippen LogP) is 3.78. The summed E-state index contributed by atoms with van der Waals surface area (Å²) in [6, 6.07) is 8.61. The first-order valence-electron chi connectivity index (χ1n) is 7.04. The second-order valence-corrected chi connectivity index (χ2v) is 6.64. The van der Waals surface area contributed by atoms with E-state index in [0.717, 1.165) is 28.0 Å². The van der Waals surface area contributed by atoms with Crippen LogP contribution in [-0.4, -0.2) is 15.8 Å². The van der Waals surface area contributed by atoms with Crippen molar-refractivity contribution in [1.29, 1.82) is 0 Å². The van der Waals surface area contributed by atoms with Crippen molar-refractivity contribution in [2.75, 3.05) is 0 Å². The van der Waals surface area contributed by atoms with Crippen LogP contribution in [0.25, 0.3) is 11.0 Å². The van der Waals surface area contributed by atoms with Crippen LogP contribution in [0.1, 0.15) is 25.2 Å². The molecule has 1 aromatic carbocycles. The van der Waals surface area contributed by atoms with E-state index in [1.165, 1.54) is 10.9 Å². The second kappa shape index (κ2) is 6.19. The largest absolute Gasteiger partial charge is 0.459 e. The van der Waals surface area contributed by atoms with Crippen molar-refractivity contribution in [3.63, 3.8) is 0 Å². The van der Waals surface area contributed by atoms with Crippen LogP contribution in [-0.2, 0) is 13.1 Å². The molecule has 0 saturated carbocycles. The average Bonchev–Trinajstić information content (AvgIpc) is 3.01. The minimum absolute atomic E-state index is 0.428. The Hall–Kier alpha value is -1.34. The van der Waals surface area contributed by atoms with Crippen LogP contribution in [0.3, 0.4) is 0 Å². The van der Waals surface area contributed by atoms with Crippen molar-refractivity contribution in [3.8, 4) is 0 Å².